The maximum atomic E-state index is 12.5. The van der Waals surface area contributed by atoms with E-state index in [1.165, 1.54) is 0 Å². The summed E-state index contributed by atoms with van der Waals surface area (Å²) in [4.78, 5) is 25.0. The first-order chi connectivity index (χ1) is 11.0. The molecule has 23 heavy (non-hydrogen) atoms. The molecule has 2 saturated heterocycles. The van der Waals surface area contributed by atoms with E-state index < -0.39 is 0 Å². The second kappa shape index (κ2) is 6.80. The third-order valence-electron chi connectivity index (χ3n) is 4.31. The number of nitrogens with one attached hydrogen (secondary N) is 1. The van der Waals surface area contributed by atoms with Gasteiger partial charge in [0.2, 0.25) is 11.9 Å². The van der Waals surface area contributed by atoms with Gasteiger partial charge >= 0.3 is 0 Å². The highest BCUT2D eigenvalue weighted by Crippen LogP contribution is 2.18. The van der Waals surface area contributed by atoms with Crippen molar-refractivity contribution in [2.24, 2.45) is 0 Å². The number of likely N-dealkylation sites (tertiary alicyclic amines) is 1. The van der Waals surface area contributed by atoms with Gasteiger partial charge in [-0.05, 0) is 26.3 Å². The van der Waals surface area contributed by atoms with Crippen LogP contribution in [-0.4, -0.2) is 76.6 Å². The molecule has 0 bridgehead atoms. The van der Waals surface area contributed by atoms with Crippen LogP contribution in [0.3, 0.4) is 0 Å². The Hall–Kier alpha value is -1.73. The van der Waals surface area contributed by atoms with Crippen LogP contribution in [0.2, 0.25) is 0 Å². The Morgan fingerprint density at radius 1 is 1.39 bits per heavy atom. The zero-order valence-corrected chi connectivity index (χ0v) is 13.9. The molecule has 126 valence electrons. The molecule has 1 amide bonds. The van der Waals surface area contributed by atoms with Crippen molar-refractivity contribution in [3.63, 3.8) is 0 Å². The SMILES string of the molecule is CC1(C)CN(C(=O)CN2CCC(Nc3ncccn3)C2)CCO1. The largest absolute Gasteiger partial charge is 0.372 e. The molecule has 1 atom stereocenters. The topological polar surface area (TPSA) is 70.6 Å². The predicted octanol–water partition coefficient (Wildman–Crippen LogP) is 0.600. The first-order valence-corrected chi connectivity index (χ1v) is 8.19. The molecule has 1 N–H and O–H groups in total. The van der Waals surface area contributed by atoms with E-state index in [4.69, 9.17) is 4.74 Å². The third kappa shape index (κ3) is 4.39. The molecule has 0 aromatic carbocycles. The fourth-order valence-electron chi connectivity index (χ4n) is 3.17. The zero-order chi connectivity index (χ0) is 16.3. The summed E-state index contributed by atoms with van der Waals surface area (Å²) in [7, 11) is 0. The quantitative estimate of drug-likeness (QED) is 0.876. The molecule has 3 rings (SSSR count). The van der Waals surface area contributed by atoms with Crippen LogP contribution in [0.15, 0.2) is 18.5 Å². The molecule has 0 saturated carbocycles. The van der Waals surface area contributed by atoms with Crippen molar-refractivity contribution < 1.29 is 9.53 Å². The molecule has 7 heteroatoms. The highest BCUT2D eigenvalue weighted by atomic mass is 16.5. The number of amides is 1. The standard InChI is InChI=1S/C16H25N5O2/c1-16(2)12-21(8-9-23-16)14(22)11-20-7-4-13(10-20)19-15-17-5-3-6-18-15/h3,5-6,13H,4,7-12H2,1-2H3,(H,17,18,19). The van der Waals surface area contributed by atoms with Crippen LogP contribution in [0.5, 0.6) is 0 Å². The molecule has 1 unspecified atom stereocenters. The number of rotatable bonds is 4. The molecular formula is C16H25N5O2. The van der Waals surface area contributed by atoms with Crippen LogP contribution in [0, 0.1) is 0 Å². The Bertz CT molecular complexity index is 537. The molecule has 1 aromatic heterocycles. The van der Waals surface area contributed by atoms with E-state index >= 15 is 0 Å². The second-order valence-corrected chi connectivity index (χ2v) is 6.86. The number of aromatic nitrogens is 2. The maximum Gasteiger partial charge on any atom is 0.236 e. The van der Waals surface area contributed by atoms with Crippen LogP contribution < -0.4 is 5.32 Å². The number of ether oxygens (including phenoxy) is 1. The molecule has 2 aliphatic rings. The summed E-state index contributed by atoms with van der Waals surface area (Å²) >= 11 is 0. The summed E-state index contributed by atoms with van der Waals surface area (Å²) in [5.74, 6) is 0.846. The van der Waals surface area contributed by atoms with E-state index in [0.717, 1.165) is 19.5 Å². The number of anilines is 1. The first-order valence-electron chi connectivity index (χ1n) is 8.19. The van der Waals surface area contributed by atoms with E-state index in [0.29, 0.717) is 38.2 Å². The van der Waals surface area contributed by atoms with Gasteiger partial charge in [0.25, 0.3) is 0 Å². The lowest BCUT2D eigenvalue weighted by Gasteiger charge is -2.38. The van der Waals surface area contributed by atoms with Crippen molar-refractivity contribution in [1.82, 2.24) is 19.8 Å². The van der Waals surface area contributed by atoms with Gasteiger partial charge in [0.05, 0.1) is 18.8 Å². The maximum absolute atomic E-state index is 12.5. The summed E-state index contributed by atoms with van der Waals surface area (Å²) in [6.07, 6.45) is 4.46. The second-order valence-electron chi connectivity index (χ2n) is 6.86. The fourth-order valence-corrected chi connectivity index (χ4v) is 3.17. The normalized spacial score (nSPS) is 24.6. The number of hydrogen-bond donors (Lipinski definition) is 1. The van der Waals surface area contributed by atoms with Gasteiger partial charge in [-0.25, -0.2) is 9.97 Å². The predicted molar refractivity (Wildman–Crippen MR) is 87.1 cm³/mol. The summed E-state index contributed by atoms with van der Waals surface area (Å²) < 4.78 is 5.67. The zero-order valence-electron chi connectivity index (χ0n) is 13.9. The van der Waals surface area contributed by atoms with Crippen LogP contribution in [0.4, 0.5) is 5.95 Å². The van der Waals surface area contributed by atoms with E-state index in [1.54, 1.807) is 18.5 Å². The lowest BCUT2D eigenvalue weighted by Crippen LogP contribution is -2.52. The highest BCUT2D eigenvalue weighted by molar-refractivity contribution is 5.78. The summed E-state index contributed by atoms with van der Waals surface area (Å²) in [6.45, 7) is 8.28. The molecule has 2 aliphatic heterocycles. The Kier molecular flexibility index (Phi) is 4.77. The minimum atomic E-state index is -0.242. The molecule has 0 radical (unpaired) electrons. The van der Waals surface area contributed by atoms with Gasteiger partial charge in [0.1, 0.15) is 0 Å². The molecule has 3 heterocycles. The molecule has 7 nitrogen and oxygen atoms in total. The molecular weight excluding hydrogens is 294 g/mol. The highest BCUT2D eigenvalue weighted by Gasteiger charge is 2.32. The third-order valence-corrected chi connectivity index (χ3v) is 4.31. The van der Waals surface area contributed by atoms with Gasteiger partial charge < -0.3 is 15.0 Å². The van der Waals surface area contributed by atoms with E-state index in [1.807, 2.05) is 18.7 Å². The number of carbonyl (C=O) groups excluding carboxylic acids is 1. The van der Waals surface area contributed by atoms with Crippen LogP contribution in [-0.2, 0) is 9.53 Å². The summed E-state index contributed by atoms with van der Waals surface area (Å²) in [5, 5.41) is 3.33. The average Bonchev–Trinajstić information content (AvgIpc) is 2.94. The summed E-state index contributed by atoms with van der Waals surface area (Å²) in [6, 6.07) is 2.10. The number of nitrogens with zero attached hydrogens (tertiary/aromatic N) is 4. The first kappa shape index (κ1) is 16.1. The number of carbonyl (C=O) groups is 1. The van der Waals surface area contributed by atoms with Gasteiger partial charge in [-0.3, -0.25) is 9.69 Å². The van der Waals surface area contributed by atoms with Gasteiger partial charge in [0, 0.05) is 44.6 Å². The van der Waals surface area contributed by atoms with Crippen LogP contribution in [0.1, 0.15) is 20.3 Å². The van der Waals surface area contributed by atoms with Gasteiger partial charge in [-0.15, -0.1) is 0 Å². The lowest BCUT2D eigenvalue weighted by molar-refractivity contribution is -0.146. The number of morpholine rings is 1. The van der Waals surface area contributed by atoms with Crippen molar-refractivity contribution in [2.45, 2.75) is 31.9 Å². The Balaban J connectivity index is 1.47. The average molecular weight is 319 g/mol. The van der Waals surface area contributed by atoms with Crippen LogP contribution in [0.25, 0.3) is 0 Å². The minimum absolute atomic E-state index is 0.193. The van der Waals surface area contributed by atoms with Crippen molar-refractivity contribution in [2.75, 3.05) is 44.6 Å². The molecule has 1 aromatic rings. The van der Waals surface area contributed by atoms with Crippen LogP contribution >= 0.6 is 0 Å². The smallest absolute Gasteiger partial charge is 0.236 e. The molecule has 2 fully saturated rings. The summed E-state index contributed by atoms with van der Waals surface area (Å²) in [5.41, 5.74) is -0.242. The monoisotopic (exact) mass is 319 g/mol. The van der Waals surface area contributed by atoms with Crippen molar-refractivity contribution >= 4 is 11.9 Å². The van der Waals surface area contributed by atoms with Gasteiger partial charge in [-0.2, -0.15) is 0 Å². The Labute approximate surface area is 137 Å². The molecule has 0 aliphatic carbocycles. The van der Waals surface area contributed by atoms with E-state index in [2.05, 4.69) is 20.2 Å². The van der Waals surface area contributed by atoms with Gasteiger partial charge in [-0.1, -0.05) is 0 Å². The Morgan fingerprint density at radius 2 is 2.17 bits per heavy atom. The fraction of sp³-hybridized carbons (Fsp3) is 0.688. The van der Waals surface area contributed by atoms with E-state index in [-0.39, 0.29) is 11.5 Å². The van der Waals surface area contributed by atoms with Gasteiger partial charge in [0.15, 0.2) is 0 Å². The molecule has 0 spiro atoms. The lowest BCUT2D eigenvalue weighted by atomic mass is 10.1. The van der Waals surface area contributed by atoms with Crippen molar-refractivity contribution in [1.29, 1.82) is 0 Å². The minimum Gasteiger partial charge on any atom is -0.372 e. The Morgan fingerprint density at radius 3 is 2.91 bits per heavy atom. The van der Waals surface area contributed by atoms with E-state index in [9.17, 15) is 4.79 Å². The number of hydrogen-bond acceptors (Lipinski definition) is 6. The van der Waals surface area contributed by atoms with Crippen molar-refractivity contribution in [3.8, 4) is 0 Å². The van der Waals surface area contributed by atoms with Crippen molar-refractivity contribution in [3.05, 3.63) is 18.5 Å².